The minimum absolute atomic E-state index is 0.510. The van der Waals surface area contributed by atoms with E-state index in [-0.39, 0.29) is 0 Å². The Bertz CT molecular complexity index is 190. The highest BCUT2D eigenvalue weighted by atomic mass is 15.0. The van der Waals surface area contributed by atoms with Gasteiger partial charge in [0.05, 0.1) is 6.04 Å². The molecule has 12 heavy (non-hydrogen) atoms. The number of allylic oxidation sites excluding steroid dienone is 1. The number of rotatable bonds is 1. The quantitative estimate of drug-likeness (QED) is 0.624. The zero-order valence-corrected chi connectivity index (χ0v) is 7.37. The van der Waals surface area contributed by atoms with Crippen molar-refractivity contribution in [1.82, 2.24) is 5.32 Å². The minimum Gasteiger partial charge on any atom is -0.312 e. The third kappa shape index (κ3) is 1.75. The molecule has 0 bridgehead atoms. The van der Waals surface area contributed by atoms with Gasteiger partial charge in [0.15, 0.2) is 0 Å². The molecule has 2 rings (SSSR count). The molecule has 0 aliphatic carbocycles. The van der Waals surface area contributed by atoms with Crippen LogP contribution in [0.25, 0.3) is 0 Å². The minimum atomic E-state index is 0.510. The van der Waals surface area contributed by atoms with Crippen LogP contribution in [0.4, 0.5) is 0 Å². The molecule has 2 nitrogen and oxygen atoms in total. The van der Waals surface area contributed by atoms with Gasteiger partial charge in [-0.1, -0.05) is 12.5 Å². The van der Waals surface area contributed by atoms with Crippen molar-refractivity contribution in [2.45, 2.75) is 37.8 Å². The summed E-state index contributed by atoms with van der Waals surface area (Å²) in [5, 5.41) is 3.54. The number of hydrogen-bond acceptors (Lipinski definition) is 2. The highest BCUT2D eigenvalue weighted by Gasteiger charge is 2.21. The molecule has 1 fully saturated rings. The third-order valence-corrected chi connectivity index (χ3v) is 2.69. The normalized spacial score (nSPS) is 35.3. The fraction of sp³-hybridized carbons (Fsp3) is 0.700. The van der Waals surface area contributed by atoms with Gasteiger partial charge in [0, 0.05) is 12.3 Å². The molecule has 2 atom stereocenters. The van der Waals surface area contributed by atoms with Crippen molar-refractivity contribution in [2.75, 3.05) is 6.54 Å². The monoisotopic (exact) mass is 164 g/mol. The molecule has 0 radical (unpaired) electrons. The SMILES string of the molecule is C1=CCC(C2CCCCN2)N=C1. The van der Waals surface area contributed by atoms with E-state index in [0.29, 0.717) is 12.1 Å². The van der Waals surface area contributed by atoms with Gasteiger partial charge in [-0.2, -0.15) is 0 Å². The van der Waals surface area contributed by atoms with Crippen LogP contribution in [0.1, 0.15) is 25.7 Å². The summed E-state index contributed by atoms with van der Waals surface area (Å²) in [7, 11) is 0. The lowest BCUT2D eigenvalue weighted by molar-refractivity contribution is 0.351. The van der Waals surface area contributed by atoms with E-state index in [0.717, 1.165) is 6.42 Å². The van der Waals surface area contributed by atoms with E-state index in [2.05, 4.69) is 16.4 Å². The largest absolute Gasteiger partial charge is 0.312 e. The lowest BCUT2D eigenvalue weighted by Gasteiger charge is -2.29. The Labute approximate surface area is 73.8 Å². The highest BCUT2D eigenvalue weighted by molar-refractivity contribution is 5.72. The molecule has 2 aliphatic heterocycles. The van der Waals surface area contributed by atoms with Crippen LogP contribution in [0.3, 0.4) is 0 Å². The van der Waals surface area contributed by atoms with Crippen LogP contribution in [0.5, 0.6) is 0 Å². The first-order valence-corrected chi connectivity index (χ1v) is 4.88. The standard InChI is InChI=1S/C10H16N2/c1-3-7-11-9(5-1)10-6-2-4-8-12-10/h1,3,7,9-10,12H,2,4-6,8H2. The summed E-state index contributed by atoms with van der Waals surface area (Å²) in [4.78, 5) is 4.48. The molecule has 2 unspecified atom stereocenters. The number of dihydropyridines is 1. The second kappa shape index (κ2) is 3.85. The predicted molar refractivity (Wildman–Crippen MR) is 51.7 cm³/mol. The molecule has 2 aliphatic rings. The van der Waals surface area contributed by atoms with Gasteiger partial charge in [0.1, 0.15) is 0 Å². The zero-order valence-electron chi connectivity index (χ0n) is 7.37. The second-order valence-electron chi connectivity index (χ2n) is 3.59. The number of aliphatic imine (C=N–C) groups is 1. The Morgan fingerprint density at radius 2 is 2.33 bits per heavy atom. The van der Waals surface area contributed by atoms with E-state index >= 15 is 0 Å². The average molecular weight is 164 g/mol. The maximum Gasteiger partial charge on any atom is 0.0686 e. The van der Waals surface area contributed by atoms with Gasteiger partial charge < -0.3 is 5.32 Å². The molecule has 1 N–H and O–H groups in total. The Morgan fingerprint density at radius 3 is 3.00 bits per heavy atom. The lowest BCUT2D eigenvalue weighted by Crippen LogP contribution is -2.42. The van der Waals surface area contributed by atoms with Crippen molar-refractivity contribution < 1.29 is 0 Å². The fourth-order valence-electron chi connectivity index (χ4n) is 1.98. The summed E-state index contributed by atoms with van der Waals surface area (Å²) in [5.41, 5.74) is 0. The van der Waals surface area contributed by atoms with Gasteiger partial charge in [-0.25, -0.2) is 0 Å². The molecular formula is C10H16N2. The van der Waals surface area contributed by atoms with E-state index < -0.39 is 0 Å². The summed E-state index contributed by atoms with van der Waals surface area (Å²) < 4.78 is 0. The van der Waals surface area contributed by atoms with Gasteiger partial charge >= 0.3 is 0 Å². The van der Waals surface area contributed by atoms with Crippen molar-refractivity contribution in [1.29, 1.82) is 0 Å². The van der Waals surface area contributed by atoms with Crippen LogP contribution in [0.15, 0.2) is 17.1 Å². The fourth-order valence-corrected chi connectivity index (χ4v) is 1.98. The smallest absolute Gasteiger partial charge is 0.0686 e. The Balaban J connectivity index is 1.90. The van der Waals surface area contributed by atoms with Gasteiger partial charge in [0.2, 0.25) is 0 Å². The van der Waals surface area contributed by atoms with Crippen LogP contribution >= 0.6 is 0 Å². The summed E-state index contributed by atoms with van der Waals surface area (Å²) in [6.07, 6.45) is 11.3. The summed E-state index contributed by atoms with van der Waals surface area (Å²) in [5.74, 6) is 0. The van der Waals surface area contributed by atoms with E-state index in [1.807, 2.05) is 12.3 Å². The van der Waals surface area contributed by atoms with Crippen molar-refractivity contribution in [2.24, 2.45) is 4.99 Å². The molecular weight excluding hydrogens is 148 g/mol. The van der Waals surface area contributed by atoms with Gasteiger partial charge in [-0.05, 0) is 31.9 Å². The van der Waals surface area contributed by atoms with Crippen LogP contribution < -0.4 is 5.32 Å². The van der Waals surface area contributed by atoms with Crippen molar-refractivity contribution in [3.63, 3.8) is 0 Å². The zero-order chi connectivity index (χ0) is 8.23. The summed E-state index contributed by atoms with van der Waals surface area (Å²) >= 11 is 0. The molecule has 1 saturated heterocycles. The molecule has 2 heteroatoms. The Morgan fingerprint density at radius 1 is 1.33 bits per heavy atom. The van der Waals surface area contributed by atoms with Crippen LogP contribution in [-0.2, 0) is 0 Å². The van der Waals surface area contributed by atoms with E-state index in [1.54, 1.807) is 0 Å². The first kappa shape index (κ1) is 7.99. The number of nitrogens with one attached hydrogen (secondary N) is 1. The molecule has 0 amide bonds. The Kier molecular flexibility index (Phi) is 2.57. The second-order valence-corrected chi connectivity index (χ2v) is 3.59. The topological polar surface area (TPSA) is 24.4 Å². The lowest BCUT2D eigenvalue weighted by atomic mass is 9.95. The maximum absolute atomic E-state index is 4.48. The van der Waals surface area contributed by atoms with Crippen LogP contribution in [0, 0.1) is 0 Å². The molecule has 0 spiro atoms. The molecule has 0 aromatic heterocycles. The number of hydrogen-bond donors (Lipinski definition) is 1. The van der Waals surface area contributed by atoms with E-state index in [4.69, 9.17) is 0 Å². The van der Waals surface area contributed by atoms with Gasteiger partial charge in [-0.15, -0.1) is 0 Å². The average Bonchev–Trinajstić information content (AvgIpc) is 2.21. The molecule has 0 aromatic carbocycles. The molecule has 2 heterocycles. The first-order chi connectivity index (χ1) is 5.97. The van der Waals surface area contributed by atoms with Crippen LogP contribution in [0.2, 0.25) is 0 Å². The van der Waals surface area contributed by atoms with Crippen molar-refractivity contribution >= 4 is 6.21 Å². The van der Waals surface area contributed by atoms with Gasteiger partial charge in [-0.3, -0.25) is 4.99 Å². The van der Waals surface area contributed by atoms with Crippen molar-refractivity contribution in [3.05, 3.63) is 12.2 Å². The van der Waals surface area contributed by atoms with E-state index in [9.17, 15) is 0 Å². The number of nitrogens with zero attached hydrogens (tertiary/aromatic N) is 1. The van der Waals surface area contributed by atoms with Crippen molar-refractivity contribution in [3.8, 4) is 0 Å². The molecule has 0 saturated carbocycles. The molecule has 66 valence electrons. The maximum atomic E-state index is 4.48. The Hall–Kier alpha value is -0.630. The predicted octanol–water partition coefficient (Wildman–Crippen LogP) is 1.53. The number of piperidine rings is 1. The summed E-state index contributed by atoms with van der Waals surface area (Å²) in [6, 6.07) is 1.15. The summed E-state index contributed by atoms with van der Waals surface area (Å²) in [6.45, 7) is 1.18. The molecule has 0 aromatic rings. The van der Waals surface area contributed by atoms with Gasteiger partial charge in [0.25, 0.3) is 0 Å². The van der Waals surface area contributed by atoms with E-state index in [1.165, 1.54) is 25.8 Å². The van der Waals surface area contributed by atoms with Crippen LogP contribution in [-0.4, -0.2) is 24.8 Å². The first-order valence-electron chi connectivity index (χ1n) is 4.88. The highest BCUT2D eigenvalue weighted by Crippen LogP contribution is 2.16. The third-order valence-electron chi connectivity index (χ3n) is 2.69.